The van der Waals surface area contributed by atoms with Gasteiger partial charge in [0.15, 0.2) is 5.78 Å². The number of nitro benzene ring substituents is 1. The molecule has 6 rings (SSSR count). The molecule has 3 unspecified atom stereocenters. The molecule has 3 heterocycles. The van der Waals surface area contributed by atoms with Crippen LogP contribution in [0.25, 0.3) is 0 Å². The highest BCUT2D eigenvalue weighted by Crippen LogP contribution is 2.61. The second-order valence-corrected chi connectivity index (χ2v) is 10.3. The van der Waals surface area contributed by atoms with Gasteiger partial charge in [-0.25, -0.2) is 0 Å². The molecule has 1 spiro atoms. The van der Waals surface area contributed by atoms with Gasteiger partial charge in [-0.15, -0.1) is 0 Å². The van der Waals surface area contributed by atoms with Crippen LogP contribution >= 0.6 is 0 Å². The Kier molecular flexibility index (Phi) is 5.79. The van der Waals surface area contributed by atoms with Crippen LogP contribution in [0.2, 0.25) is 0 Å². The van der Waals surface area contributed by atoms with Crippen LogP contribution < -0.4 is 10.1 Å². The number of non-ortho nitro benzene ring substituents is 1. The molecule has 0 bridgehead atoms. The number of hydrogen-bond donors (Lipinski definition) is 1. The van der Waals surface area contributed by atoms with Gasteiger partial charge >= 0.3 is 0 Å². The van der Waals surface area contributed by atoms with Crippen LogP contribution in [0.3, 0.4) is 0 Å². The lowest BCUT2D eigenvalue weighted by atomic mass is 9.68. The monoisotopic (exact) mass is 511 g/mol. The average Bonchev–Trinajstić information content (AvgIpc) is 3.61. The Morgan fingerprint density at radius 2 is 1.97 bits per heavy atom. The van der Waals surface area contributed by atoms with E-state index in [1.807, 2.05) is 18.2 Å². The summed E-state index contributed by atoms with van der Waals surface area (Å²) in [6.45, 7) is 2.73. The van der Waals surface area contributed by atoms with Crippen molar-refractivity contribution in [2.75, 3.05) is 19.0 Å². The maximum Gasteiger partial charge on any atom is 0.269 e. The fourth-order valence-electron chi connectivity index (χ4n) is 7.00. The number of hydrogen-bond acceptors (Lipinski definition) is 6. The third-order valence-corrected chi connectivity index (χ3v) is 8.58. The number of ether oxygens (including phenoxy) is 1. The molecule has 2 saturated heterocycles. The summed E-state index contributed by atoms with van der Waals surface area (Å²) in [5.41, 5.74) is 2.56. The molecule has 0 radical (unpaired) electrons. The SMILES string of the molecule is CCc1ccc2c(c1)[C@]1(C(=O)N2)C(C(=O)c2cccc(OC)c2)C(c2cccc([N+](=O)[O-])c2)C2CCCN21. The molecule has 3 aliphatic rings. The zero-order valence-corrected chi connectivity index (χ0v) is 21.3. The van der Waals surface area contributed by atoms with E-state index in [9.17, 15) is 19.7 Å². The van der Waals surface area contributed by atoms with Crippen LogP contribution in [0.1, 0.15) is 52.7 Å². The Morgan fingerprint density at radius 3 is 2.74 bits per heavy atom. The zero-order chi connectivity index (χ0) is 26.6. The van der Waals surface area contributed by atoms with E-state index in [2.05, 4.69) is 23.2 Å². The second kappa shape index (κ2) is 9.06. The maximum atomic E-state index is 14.6. The third-order valence-electron chi connectivity index (χ3n) is 8.58. The highest BCUT2D eigenvalue weighted by Gasteiger charge is 2.69. The van der Waals surface area contributed by atoms with Crippen LogP contribution in [0.4, 0.5) is 11.4 Å². The molecule has 3 aromatic carbocycles. The predicted molar refractivity (Wildman–Crippen MR) is 143 cm³/mol. The first-order valence-electron chi connectivity index (χ1n) is 13.0. The van der Waals surface area contributed by atoms with Crippen molar-refractivity contribution in [3.63, 3.8) is 0 Å². The van der Waals surface area contributed by atoms with Gasteiger partial charge in [0.1, 0.15) is 11.3 Å². The summed E-state index contributed by atoms with van der Waals surface area (Å²) in [5, 5.41) is 14.8. The van der Waals surface area contributed by atoms with Crippen molar-refractivity contribution in [2.24, 2.45) is 5.92 Å². The predicted octanol–water partition coefficient (Wildman–Crippen LogP) is 5.07. The molecule has 1 amide bonds. The average molecular weight is 512 g/mol. The summed E-state index contributed by atoms with van der Waals surface area (Å²) in [7, 11) is 1.55. The van der Waals surface area contributed by atoms with Gasteiger partial charge in [-0.3, -0.25) is 24.6 Å². The molecule has 38 heavy (non-hydrogen) atoms. The van der Waals surface area contributed by atoms with Gasteiger partial charge in [-0.05, 0) is 55.1 Å². The highest BCUT2D eigenvalue weighted by molar-refractivity contribution is 6.12. The van der Waals surface area contributed by atoms with Gasteiger partial charge in [0.05, 0.1) is 18.0 Å². The van der Waals surface area contributed by atoms with Crippen molar-refractivity contribution >= 4 is 23.1 Å². The molecule has 1 N–H and O–H groups in total. The fourth-order valence-corrected chi connectivity index (χ4v) is 7.00. The maximum absolute atomic E-state index is 14.6. The summed E-state index contributed by atoms with van der Waals surface area (Å²) >= 11 is 0. The number of nitrogens with zero attached hydrogens (tertiary/aromatic N) is 2. The molecule has 194 valence electrons. The lowest BCUT2D eigenvalue weighted by Crippen LogP contribution is -2.52. The van der Waals surface area contributed by atoms with E-state index in [4.69, 9.17) is 4.74 Å². The minimum atomic E-state index is -1.21. The normalized spacial score (nSPS) is 25.7. The molecular weight excluding hydrogens is 482 g/mol. The number of rotatable bonds is 6. The van der Waals surface area contributed by atoms with E-state index >= 15 is 0 Å². The van der Waals surface area contributed by atoms with E-state index in [0.717, 1.165) is 36.1 Å². The van der Waals surface area contributed by atoms with Crippen LogP contribution in [-0.4, -0.2) is 41.2 Å². The first-order valence-corrected chi connectivity index (χ1v) is 13.0. The number of carbonyl (C=O) groups is 2. The van der Waals surface area contributed by atoms with E-state index in [-0.39, 0.29) is 23.4 Å². The van der Waals surface area contributed by atoms with Crippen molar-refractivity contribution in [2.45, 2.75) is 43.7 Å². The van der Waals surface area contributed by atoms with Gasteiger partial charge in [0.2, 0.25) is 5.91 Å². The molecular formula is C30H29N3O5. The number of anilines is 1. The molecule has 0 aliphatic carbocycles. The number of nitrogens with one attached hydrogen (secondary N) is 1. The number of methoxy groups -OCH3 is 1. The quantitative estimate of drug-likeness (QED) is 0.282. The van der Waals surface area contributed by atoms with E-state index in [1.54, 1.807) is 43.5 Å². The Morgan fingerprint density at radius 1 is 1.16 bits per heavy atom. The van der Waals surface area contributed by atoms with Crippen LogP contribution in [0.15, 0.2) is 66.7 Å². The van der Waals surface area contributed by atoms with Crippen LogP contribution in [0, 0.1) is 16.0 Å². The van der Waals surface area contributed by atoms with E-state index in [1.165, 1.54) is 6.07 Å². The highest BCUT2D eigenvalue weighted by atomic mass is 16.6. The number of fused-ring (bicyclic) bond motifs is 4. The first kappa shape index (κ1) is 24.3. The van der Waals surface area contributed by atoms with Gasteiger partial charge in [0, 0.05) is 40.9 Å². The van der Waals surface area contributed by atoms with Gasteiger partial charge in [0.25, 0.3) is 5.69 Å². The molecule has 0 aromatic heterocycles. The van der Waals surface area contributed by atoms with Crippen molar-refractivity contribution in [3.05, 3.63) is 99.1 Å². The van der Waals surface area contributed by atoms with E-state index in [0.29, 0.717) is 23.4 Å². The topological polar surface area (TPSA) is 102 Å². The molecule has 0 saturated carbocycles. The largest absolute Gasteiger partial charge is 0.497 e. The van der Waals surface area contributed by atoms with Gasteiger partial charge in [-0.2, -0.15) is 0 Å². The van der Waals surface area contributed by atoms with Crippen molar-refractivity contribution in [1.82, 2.24) is 4.90 Å². The molecule has 3 aromatic rings. The molecule has 3 aliphatic heterocycles. The van der Waals surface area contributed by atoms with Gasteiger partial charge < -0.3 is 10.1 Å². The number of nitro groups is 1. The molecule has 8 heteroatoms. The lowest BCUT2D eigenvalue weighted by molar-refractivity contribution is -0.384. The fraction of sp³-hybridized carbons (Fsp3) is 0.333. The van der Waals surface area contributed by atoms with E-state index < -0.39 is 22.3 Å². The number of aryl methyl sites for hydroxylation is 1. The smallest absolute Gasteiger partial charge is 0.269 e. The Hall–Kier alpha value is -4.04. The number of amides is 1. The number of benzene rings is 3. The van der Waals surface area contributed by atoms with Crippen molar-refractivity contribution in [3.8, 4) is 5.75 Å². The number of ketones is 1. The minimum Gasteiger partial charge on any atom is -0.497 e. The van der Waals surface area contributed by atoms with Crippen molar-refractivity contribution in [1.29, 1.82) is 0 Å². The van der Waals surface area contributed by atoms with Gasteiger partial charge in [-0.1, -0.05) is 43.3 Å². The Balaban J connectivity index is 1.62. The number of Topliss-reactive ketones (excluding diaryl/α,β-unsaturated/α-hetero) is 1. The Bertz CT molecular complexity index is 1470. The summed E-state index contributed by atoms with van der Waals surface area (Å²) in [6.07, 6.45) is 2.48. The van der Waals surface area contributed by atoms with Crippen molar-refractivity contribution < 1.29 is 19.2 Å². The summed E-state index contributed by atoms with van der Waals surface area (Å²) in [5.74, 6) is -1.00. The molecule has 8 nitrogen and oxygen atoms in total. The molecule has 2 fully saturated rings. The van der Waals surface area contributed by atoms with Crippen LogP contribution in [0.5, 0.6) is 5.75 Å². The number of carbonyl (C=O) groups excluding carboxylic acids is 2. The summed E-state index contributed by atoms with van der Waals surface area (Å²) < 4.78 is 5.40. The summed E-state index contributed by atoms with van der Waals surface area (Å²) in [4.78, 5) is 42.3. The third kappa shape index (κ3) is 3.40. The minimum absolute atomic E-state index is 0.0230. The molecule has 4 atom stereocenters. The lowest BCUT2D eigenvalue weighted by Gasteiger charge is -2.37. The second-order valence-electron chi connectivity index (χ2n) is 10.3. The summed E-state index contributed by atoms with van der Waals surface area (Å²) in [6, 6.07) is 19.5. The standard InChI is InChI=1S/C30H29N3O5/c1-3-18-12-13-24-23(15-18)30(29(35)31-24)27(28(34)20-8-5-10-22(17-20)38-2)26(25-11-6-14-32(25)30)19-7-4-9-21(16-19)33(36)37/h4-5,7-10,12-13,15-17,25-27H,3,6,11,14H2,1-2H3,(H,31,35)/t25?,26?,27?,30-/m1/s1. The first-order chi connectivity index (χ1) is 18.4. The zero-order valence-electron chi connectivity index (χ0n) is 21.3. The van der Waals surface area contributed by atoms with Crippen LogP contribution in [-0.2, 0) is 16.8 Å². The Labute approximate surface area is 220 Å².